The van der Waals surface area contributed by atoms with Crippen LogP contribution >= 0.6 is 0 Å². The summed E-state index contributed by atoms with van der Waals surface area (Å²) in [6, 6.07) is 0. The van der Waals surface area contributed by atoms with Gasteiger partial charge in [-0.2, -0.15) is 0 Å². The molecule has 104 valence electrons. The summed E-state index contributed by atoms with van der Waals surface area (Å²) in [6.07, 6.45) is 1.12. The largest absolute Gasteiger partial charge is 0.373 e. The molecule has 2 saturated heterocycles. The highest BCUT2D eigenvalue weighted by Crippen LogP contribution is 2.11. The molecule has 0 aromatic heterocycles. The second-order valence-electron chi connectivity index (χ2n) is 5.18. The lowest BCUT2D eigenvalue weighted by Crippen LogP contribution is -2.45. The first-order valence-electron chi connectivity index (χ1n) is 6.73. The zero-order chi connectivity index (χ0) is 13.8. The summed E-state index contributed by atoms with van der Waals surface area (Å²) in [5, 5.41) is 0. The van der Waals surface area contributed by atoms with Crippen molar-refractivity contribution in [2.24, 2.45) is 0 Å². The number of carbonyl (C=O) groups is 2. The number of ether oxygens (including phenoxy) is 1. The Kier molecular flexibility index (Phi) is 4.56. The van der Waals surface area contributed by atoms with Crippen LogP contribution < -0.4 is 0 Å². The Morgan fingerprint density at radius 1 is 1.05 bits per heavy atom. The van der Waals surface area contributed by atoms with Crippen molar-refractivity contribution in [1.82, 2.24) is 9.80 Å². The van der Waals surface area contributed by atoms with Crippen LogP contribution in [0, 0.1) is 11.8 Å². The molecule has 0 aliphatic carbocycles. The number of hydrogen-bond acceptors (Lipinski definition) is 4. The van der Waals surface area contributed by atoms with Gasteiger partial charge in [-0.25, -0.2) is 0 Å². The standard InChI is InChI=1S/C14H20N2O3/c1-11-9-15(10-12(2)19-11)7-3-4-8-16-13(17)5-6-14(16)18/h11-12H,5-10H2,1-2H3/t11-,12-/m0/s1. The Morgan fingerprint density at radius 2 is 1.58 bits per heavy atom. The molecule has 5 nitrogen and oxygen atoms in total. The van der Waals surface area contributed by atoms with Gasteiger partial charge in [-0.1, -0.05) is 11.8 Å². The predicted octanol–water partition coefficient (Wildman–Crippen LogP) is 0.248. The first kappa shape index (κ1) is 14.0. The van der Waals surface area contributed by atoms with Crippen LogP contribution in [0.4, 0.5) is 0 Å². The van der Waals surface area contributed by atoms with Gasteiger partial charge < -0.3 is 4.74 Å². The van der Waals surface area contributed by atoms with E-state index in [0.717, 1.165) is 13.1 Å². The second-order valence-corrected chi connectivity index (χ2v) is 5.18. The molecule has 0 aromatic rings. The van der Waals surface area contributed by atoms with E-state index in [2.05, 4.69) is 30.6 Å². The van der Waals surface area contributed by atoms with E-state index in [4.69, 9.17) is 4.74 Å². The number of hydrogen-bond donors (Lipinski definition) is 0. The van der Waals surface area contributed by atoms with E-state index in [1.165, 1.54) is 4.90 Å². The van der Waals surface area contributed by atoms with Gasteiger partial charge >= 0.3 is 0 Å². The third-order valence-electron chi connectivity index (χ3n) is 3.31. The van der Waals surface area contributed by atoms with E-state index in [-0.39, 0.29) is 30.6 Å². The summed E-state index contributed by atoms with van der Waals surface area (Å²) >= 11 is 0. The Bertz CT molecular complexity index is 398. The van der Waals surface area contributed by atoms with Crippen molar-refractivity contribution >= 4 is 11.8 Å². The molecule has 19 heavy (non-hydrogen) atoms. The highest BCUT2D eigenvalue weighted by Gasteiger charge is 2.27. The molecule has 0 bridgehead atoms. The number of nitrogens with zero attached hydrogens (tertiary/aromatic N) is 2. The highest BCUT2D eigenvalue weighted by molar-refractivity contribution is 6.02. The molecule has 2 fully saturated rings. The molecule has 0 aromatic carbocycles. The smallest absolute Gasteiger partial charge is 0.230 e. The zero-order valence-corrected chi connectivity index (χ0v) is 11.5. The molecular formula is C14H20N2O3. The lowest BCUT2D eigenvalue weighted by Gasteiger charge is -2.34. The van der Waals surface area contributed by atoms with Crippen molar-refractivity contribution in [3.05, 3.63) is 0 Å². The van der Waals surface area contributed by atoms with Gasteiger partial charge in [0, 0.05) is 25.9 Å². The van der Waals surface area contributed by atoms with Crippen LogP contribution in [0.3, 0.4) is 0 Å². The number of amides is 2. The van der Waals surface area contributed by atoms with E-state index in [0.29, 0.717) is 19.4 Å². The average Bonchev–Trinajstić information content (AvgIpc) is 2.64. The van der Waals surface area contributed by atoms with Gasteiger partial charge in [-0.3, -0.25) is 19.4 Å². The fraction of sp³-hybridized carbons (Fsp3) is 0.714. The molecule has 5 heteroatoms. The van der Waals surface area contributed by atoms with Crippen LogP contribution in [0.15, 0.2) is 0 Å². The number of morpholine rings is 1. The normalized spacial score (nSPS) is 28.4. The van der Waals surface area contributed by atoms with E-state index in [1.807, 2.05) is 0 Å². The van der Waals surface area contributed by atoms with Gasteiger partial charge in [0.05, 0.1) is 25.3 Å². The summed E-state index contributed by atoms with van der Waals surface area (Å²) in [5.41, 5.74) is 0. The molecule has 2 aliphatic rings. The van der Waals surface area contributed by atoms with Crippen LogP contribution in [0.5, 0.6) is 0 Å². The van der Waals surface area contributed by atoms with Gasteiger partial charge in [0.1, 0.15) is 0 Å². The van der Waals surface area contributed by atoms with Crippen molar-refractivity contribution in [3.63, 3.8) is 0 Å². The molecule has 0 spiro atoms. The SMILES string of the molecule is C[C@H]1CN(CC#CCN2C(=O)CCC2=O)C[C@H](C)O1. The summed E-state index contributed by atoms with van der Waals surface area (Å²) in [5.74, 6) is 5.75. The van der Waals surface area contributed by atoms with Crippen molar-refractivity contribution in [2.45, 2.75) is 38.9 Å². The van der Waals surface area contributed by atoms with Crippen LogP contribution in [0.25, 0.3) is 0 Å². The van der Waals surface area contributed by atoms with Crippen molar-refractivity contribution in [1.29, 1.82) is 0 Å². The number of carbonyl (C=O) groups excluding carboxylic acids is 2. The summed E-state index contributed by atoms with van der Waals surface area (Å²) < 4.78 is 5.64. The molecule has 0 saturated carbocycles. The molecular weight excluding hydrogens is 244 g/mol. The fourth-order valence-corrected chi connectivity index (χ4v) is 2.52. The monoisotopic (exact) mass is 264 g/mol. The number of likely N-dealkylation sites (tertiary alicyclic amines) is 1. The molecule has 0 unspecified atom stereocenters. The van der Waals surface area contributed by atoms with Crippen molar-refractivity contribution < 1.29 is 14.3 Å². The maximum Gasteiger partial charge on any atom is 0.230 e. The number of imide groups is 1. The minimum absolute atomic E-state index is 0.104. The van der Waals surface area contributed by atoms with E-state index in [9.17, 15) is 9.59 Å². The van der Waals surface area contributed by atoms with Crippen LogP contribution in [-0.2, 0) is 14.3 Å². The van der Waals surface area contributed by atoms with E-state index < -0.39 is 0 Å². The quantitative estimate of drug-likeness (QED) is 0.530. The van der Waals surface area contributed by atoms with Gasteiger partial charge in [-0.05, 0) is 13.8 Å². The lowest BCUT2D eigenvalue weighted by molar-refractivity contribution is -0.137. The Hall–Kier alpha value is -1.38. The molecule has 2 amide bonds. The fourth-order valence-electron chi connectivity index (χ4n) is 2.52. The van der Waals surface area contributed by atoms with E-state index >= 15 is 0 Å². The summed E-state index contributed by atoms with van der Waals surface area (Å²) in [4.78, 5) is 26.2. The topological polar surface area (TPSA) is 49.9 Å². The molecule has 2 rings (SSSR count). The number of rotatable bonds is 2. The second kappa shape index (κ2) is 6.18. The highest BCUT2D eigenvalue weighted by atomic mass is 16.5. The van der Waals surface area contributed by atoms with Gasteiger partial charge in [0.2, 0.25) is 11.8 Å². The van der Waals surface area contributed by atoms with Gasteiger partial charge in [0.25, 0.3) is 0 Å². The zero-order valence-electron chi connectivity index (χ0n) is 11.5. The van der Waals surface area contributed by atoms with E-state index in [1.54, 1.807) is 0 Å². The first-order chi connectivity index (χ1) is 9.06. The predicted molar refractivity (Wildman–Crippen MR) is 70.2 cm³/mol. The molecule has 2 aliphatic heterocycles. The average molecular weight is 264 g/mol. The Labute approximate surface area is 113 Å². The van der Waals surface area contributed by atoms with Crippen molar-refractivity contribution in [2.75, 3.05) is 26.2 Å². The molecule has 0 radical (unpaired) electrons. The Balaban J connectivity index is 1.78. The summed E-state index contributed by atoms with van der Waals surface area (Å²) in [7, 11) is 0. The van der Waals surface area contributed by atoms with Crippen molar-refractivity contribution in [3.8, 4) is 11.8 Å². The molecule has 0 N–H and O–H groups in total. The van der Waals surface area contributed by atoms with Crippen LogP contribution in [-0.4, -0.2) is 60.0 Å². The maximum atomic E-state index is 11.4. The first-order valence-corrected chi connectivity index (χ1v) is 6.73. The Morgan fingerprint density at radius 3 is 2.16 bits per heavy atom. The van der Waals surface area contributed by atoms with Crippen LogP contribution in [0.1, 0.15) is 26.7 Å². The molecule has 2 atom stereocenters. The minimum Gasteiger partial charge on any atom is -0.373 e. The third kappa shape index (κ3) is 3.79. The lowest BCUT2D eigenvalue weighted by atomic mass is 10.2. The third-order valence-corrected chi connectivity index (χ3v) is 3.31. The van der Waals surface area contributed by atoms with Crippen LogP contribution in [0.2, 0.25) is 0 Å². The summed E-state index contributed by atoms with van der Waals surface area (Å²) in [6.45, 7) is 6.75. The minimum atomic E-state index is -0.104. The van der Waals surface area contributed by atoms with Gasteiger partial charge in [0.15, 0.2) is 0 Å². The molecule has 2 heterocycles. The van der Waals surface area contributed by atoms with Gasteiger partial charge in [-0.15, -0.1) is 0 Å². The maximum absolute atomic E-state index is 11.4.